The maximum Gasteiger partial charge on any atom is 0.0918 e. The third kappa shape index (κ3) is 2.83. The molecule has 4 fully saturated rings. The van der Waals surface area contributed by atoms with E-state index in [0.717, 1.165) is 44.9 Å². The predicted octanol–water partition coefficient (Wildman–Crippen LogP) is 7.05. The van der Waals surface area contributed by atoms with Crippen LogP contribution in [-0.2, 0) is 0 Å². The van der Waals surface area contributed by atoms with Crippen LogP contribution in [0.15, 0.2) is 24.0 Å². The minimum Gasteiger partial charge on any atom is -0.512 e. The fraction of sp³-hybridized carbons (Fsp3) is 0.871. The number of hydrogen-bond donors (Lipinski definition) is 3. The van der Waals surface area contributed by atoms with Gasteiger partial charge in [-0.2, -0.15) is 0 Å². The van der Waals surface area contributed by atoms with Crippen LogP contribution in [0.1, 0.15) is 99.3 Å². The van der Waals surface area contributed by atoms with Gasteiger partial charge in [-0.1, -0.05) is 59.8 Å². The molecular formula is C31H50O3. The molecule has 10 atom stereocenters. The van der Waals surface area contributed by atoms with Gasteiger partial charge < -0.3 is 15.3 Å². The minimum absolute atomic E-state index is 0.0260. The summed E-state index contributed by atoms with van der Waals surface area (Å²) in [5, 5.41) is 32.1. The lowest BCUT2D eigenvalue weighted by Crippen LogP contribution is -2.65. The highest BCUT2D eigenvalue weighted by Crippen LogP contribution is 2.76. The van der Waals surface area contributed by atoms with E-state index in [2.05, 4.69) is 54.2 Å². The van der Waals surface area contributed by atoms with Crippen LogP contribution in [0.4, 0.5) is 0 Å². The van der Waals surface area contributed by atoms with Gasteiger partial charge in [0, 0.05) is 12.0 Å². The SMILES string of the molecule is C=C(O)[C@]12CC[C@@H](CO)[C@H](C)C1C1=CCC3[C@@]4(C)CC[C@H](O)C(C)(C)C4CC[C@@]3(C)[C@]1(C)CC2. The van der Waals surface area contributed by atoms with Crippen molar-refractivity contribution in [3.8, 4) is 0 Å². The molecule has 192 valence electrons. The summed E-state index contributed by atoms with van der Waals surface area (Å²) in [4.78, 5) is 0. The van der Waals surface area contributed by atoms with Gasteiger partial charge in [-0.15, -0.1) is 0 Å². The van der Waals surface area contributed by atoms with Crippen LogP contribution >= 0.6 is 0 Å². The Kier molecular flexibility index (Phi) is 5.56. The summed E-state index contributed by atoms with van der Waals surface area (Å²) in [5.41, 5.74) is 1.91. The van der Waals surface area contributed by atoms with Crippen molar-refractivity contribution in [3.63, 3.8) is 0 Å². The molecule has 4 saturated carbocycles. The Hall–Kier alpha value is -0.800. The number of hydrogen-bond acceptors (Lipinski definition) is 3. The fourth-order valence-electron chi connectivity index (χ4n) is 11.1. The Labute approximate surface area is 208 Å². The Balaban J connectivity index is 1.61. The molecule has 0 spiro atoms. The van der Waals surface area contributed by atoms with Crippen LogP contribution in [0.3, 0.4) is 0 Å². The van der Waals surface area contributed by atoms with Crippen molar-refractivity contribution in [1.29, 1.82) is 0 Å². The fourth-order valence-corrected chi connectivity index (χ4v) is 11.1. The van der Waals surface area contributed by atoms with Crippen molar-refractivity contribution in [1.82, 2.24) is 0 Å². The molecule has 3 unspecified atom stereocenters. The molecule has 0 aromatic heterocycles. The van der Waals surface area contributed by atoms with Gasteiger partial charge in [0.15, 0.2) is 0 Å². The van der Waals surface area contributed by atoms with Crippen LogP contribution in [0.2, 0.25) is 0 Å². The first-order chi connectivity index (χ1) is 15.8. The molecule has 5 rings (SSSR count). The summed E-state index contributed by atoms with van der Waals surface area (Å²) in [6, 6.07) is 0. The zero-order valence-corrected chi connectivity index (χ0v) is 22.7. The second-order valence-electron chi connectivity index (χ2n) is 14.6. The number of aliphatic hydroxyl groups excluding tert-OH is 3. The lowest BCUT2D eigenvalue weighted by Gasteiger charge is -2.71. The third-order valence-corrected chi connectivity index (χ3v) is 13.5. The Morgan fingerprint density at radius 3 is 2.32 bits per heavy atom. The van der Waals surface area contributed by atoms with Gasteiger partial charge in [-0.25, -0.2) is 0 Å². The molecule has 3 N–H and O–H groups in total. The molecule has 0 heterocycles. The summed E-state index contributed by atoms with van der Waals surface area (Å²) in [7, 11) is 0. The molecular weight excluding hydrogens is 420 g/mol. The smallest absolute Gasteiger partial charge is 0.0918 e. The van der Waals surface area contributed by atoms with Gasteiger partial charge in [-0.3, -0.25) is 0 Å². The van der Waals surface area contributed by atoms with E-state index in [1.54, 1.807) is 5.57 Å². The van der Waals surface area contributed by atoms with E-state index >= 15 is 0 Å². The molecule has 3 nitrogen and oxygen atoms in total. The lowest BCUT2D eigenvalue weighted by molar-refractivity contribution is -0.204. The van der Waals surface area contributed by atoms with Crippen molar-refractivity contribution >= 4 is 0 Å². The largest absolute Gasteiger partial charge is 0.512 e. The molecule has 0 amide bonds. The first-order valence-corrected chi connectivity index (χ1v) is 14.2. The van der Waals surface area contributed by atoms with Gasteiger partial charge in [0.25, 0.3) is 0 Å². The predicted molar refractivity (Wildman–Crippen MR) is 138 cm³/mol. The quantitative estimate of drug-likeness (QED) is 0.299. The molecule has 0 radical (unpaired) electrons. The molecule has 34 heavy (non-hydrogen) atoms. The summed E-state index contributed by atoms with van der Waals surface area (Å²) in [6.07, 6.45) is 12.1. The van der Waals surface area contributed by atoms with Gasteiger partial charge >= 0.3 is 0 Å². The number of aliphatic hydroxyl groups is 3. The minimum atomic E-state index is -0.225. The van der Waals surface area contributed by atoms with Gasteiger partial charge in [0.05, 0.1) is 11.9 Å². The van der Waals surface area contributed by atoms with Crippen LogP contribution in [0.25, 0.3) is 0 Å². The van der Waals surface area contributed by atoms with Crippen molar-refractivity contribution in [2.24, 2.45) is 56.7 Å². The summed E-state index contributed by atoms with van der Waals surface area (Å²) < 4.78 is 0. The lowest BCUT2D eigenvalue weighted by atomic mass is 9.33. The van der Waals surface area contributed by atoms with Crippen LogP contribution in [-0.4, -0.2) is 28.0 Å². The van der Waals surface area contributed by atoms with Crippen LogP contribution in [0, 0.1) is 56.7 Å². The second-order valence-corrected chi connectivity index (χ2v) is 14.6. The third-order valence-electron chi connectivity index (χ3n) is 13.5. The standard InChI is InChI=1S/C31H50O3/c1-19-21(18-32)10-15-31(20(2)33)17-16-29(6)22(26(19)31)8-9-24-28(5)13-12-25(34)27(3,4)23(28)11-14-30(24,29)7/h8,19,21,23-26,32-34H,2,9-18H2,1,3-7H3/t19-,21-,23?,24?,25-,26?,28-,29+,30+,31+/m0/s1. The highest BCUT2D eigenvalue weighted by molar-refractivity contribution is 5.36. The van der Waals surface area contributed by atoms with Crippen LogP contribution < -0.4 is 0 Å². The van der Waals surface area contributed by atoms with Gasteiger partial charge in [0.2, 0.25) is 0 Å². The normalized spacial score (nSPS) is 54.1. The van der Waals surface area contributed by atoms with E-state index in [0.29, 0.717) is 29.4 Å². The highest BCUT2D eigenvalue weighted by Gasteiger charge is 2.69. The Morgan fingerprint density at radius 2 is 1.68 bits per heavy atom. The molecule has 5 aliphatic carbocycles. The van der Waals surface area contributed by atoms with Crippen molar-refractivity contribution in [3.05, 3.63) is 24.0 Å². The topological polar surface area (TPSA) is 60.7 Å². The summed E-state index contributed by atoms with van der Waals surface area (Å²) in [5.74, 6) is 2.51. The zero-order chi connectivity index (χ0) is 24.9. The molecule has 0 aliphatic heterocycles. The number of rotatable bonds is 2. The zero-order valence-electron chi connectivity index (χ0n) is 22.7. The molecule has 5 aliphatic rings. The number of allylic oxidation sites excluding steroid dienone is 3. The maximum absolute atomic E-state index is 11.0. The van der Waals surface area contributed by atoms with Gasteiger partial charge in [-0.05, 0) is 109 Å². The molecule has 0 aromatic carbocycles. The molecule has 3 heteroatoms. The molecule has 0 aromatic rings. The van der Waals surface area contributed by atoms with Crippen molar-refractivity contribution < 1.29 is 15.3 Å². The van der Waals surface area contributed by atoms with Crippen molar-refractivity contribution in [2.75, 3.05) is 6.61 Å². The average Bonchev–Trinajstić information content (AvgIpc) is 2.77. The highest BCUT2D eigenvalue weighted by atomic mass is 16.3. The summed E-state index contributed by atoms with van der Waals surface area (Å²) >= 11 is 0. The number of fused-ring (bicyclic) bond motifs is 7. The second kappa shape index (κ2) is 7.60. The van der Waals surface area contributed by atoms with E-state index < -0.39 is 0 Å². The van der Waals surface area contributed by atoms with Crippen LogP contribution in [0.5, 0.6) is 0 Å². The van der Waals surface area contributed by atoms with Gasteiger partial charge in [0.1, 0.15) is 0 Å². The van der Waals surface area contributed by atoms with E-state index in [1.165, 1.54) is 12.8 Å². The summed E-state index contributed by atoms with van der Waals surface area (Å²) in [6.45, 7) is 19.0. The molecule has 0 bridgehead atoms. The van der Waals surface area contributed by atoms with E-state index in [1.807, 2.05) is 0 Å². The first-order valence-electron chi connectivity index (χ1n) is 14.2. The van der Waals surface area contributed by atoms with E-state index in [9.17, 15) is 15.3 Å². The average molecular weight is 471 g/mol. The van der Waals surface area contributed by atoms with E-state index in [-0.39, 0.29) is 45.7 Å². The Bertz CT molecular complexity index is 889. The maximum atomic E-state index is 11.0. The monoisotopic (exact) mass is 470 g/mol. The Morgan fingerprint density at radius 1 is 0.971 bits per heavy atom. The van der Waals surface area contributed by atoms with Crippen molar-refractivity contribution in [2.45, 2.75) is 105 Å². The van der Waals surface area contributed by atoms with E-state index in [4.69, 9.17) is 0 Å². The first kappa shape index (κ1) is 24.9. The molecule has 0 saturated heterocycles.